The first-order valence-electron chi connectivity index (χ1n) is 10.6. The van der Waals surface area contributed by atoms with Gasteiger partial charge in [-0.3, -0.25) is 0 Å². The van der Waals surface area contributed by atoms with Crippen LogP contribution in [0.15, 0.2) is 54.9 Å². The molecule has 0 atom stereocenters. The number of nitrogens with two attached hydrogens (primary N) is 1. The highest BCUT2D eigenvalue weighted by Gasteiger charge is 2.33. The Morgan fingerprint density at radius 1 is 1.08 bits per heavy atom. The first kappa shape index (κ1) is 25.2. The average Bonchev–Trinajstić information content (AvgIpc) is 3.20. The van der Waals surface area contributed by atoms with E-state index in [0.717, 1.165) is 29.0 Å². The number of urea groups is 1. The fraction of sp³-hybridized carbons (Fsp3) is 0.174. The van der Waals surface area contributed by atoms with E-state index in [2.05, 4.69) is 26.0 Å². The van der Waals surface area contributed by atoms with Crippen LogP contribution in [-0.2, 0) is 12.7 Å². The zero-order valence-corrected chi connectivity index (χ0v) is 19.4. The van der Waals surface area contributed by atoms with Crippen LogP contribution in [0.1, 0.15) is 11.3 Å². The van der Waals surface area contributed by atoms with Crippen molar-refractivity contribution in [3.63, 3.8) is 0 Å². The number of amides is 2. The number of anilines is 3. The molecule has 0 unspecified atom stereocenters. The highest BCUT2D eigenvalue weighted by molar-refractivity contribution is 6.31. The monoisotopic (exact) mass is 519 g/mol. The Morgan fingerprint density at radius 3 is 2.47 bits per heavy atom. The zero-order chi connectivity index (χ0) is 25.9. The number of aliphatic hydroxyl groups excluding tert-OH is 1. The lowest BCUT2D eigenvalue weighted by atomic mass is 10.1. The molecule has 0 aliphatic rings. The number of nitrogen functional groups attached to an aromatic ring is 1. The minimum absolute atomic E-state index is 0.00314. The molecule has 0 spiro atoms. The Balaban J connectivity index is 1.51. The van der Waals surface area contributed by atoms with E-state index in [0.29, 0.717) is 24.3 Å². The molecule has 13 heteroatoms. The van der Waals surface area contributed by atoms with Gasteiger partial charge in [0.1, 0.15) is 11.8 Å². The van der Waals surface area contributed by atoms with E-state index in [1.165, 1.54) is 12.4 Å². The van der Waals surface area contributed by atoms with Crippen LogP contribution in [0.3, 0.4) is 0 Å². The lowest BCUT2D eigenvalue weighted by Crippen LogP contribution is -2.19. The van der Waals surface area contributed by atoms with Crippen LogP contribution in [0, 0.1) is 0 Å². The summed E-state index contributed by atoms with van der Waals surface area (Å²) in [5.41, 5.74) is 8.39. The van der Waals surface area contributed by atoms with Gasteiger partial charge in [0.25, 0.3) is 0 Å². The number of nitrogens with one attached hydrogen (secondary N) is 3. The molecule has 4 rings (SSSR count). The lowest BCUT2D eigenvalue weighted by molar-refractivity contribution is -0.137. The summed E-state index contributed by atoms with van der Waals surface area (Å²) in [7, 11) is 0. The summed E-state index contributed by atoms with van der Waals surface area (Å²) in [4.78, 5) is 16.4. The molecule has 2 aromatic heterocycles. The second-order valence-electron chi connectivity index (χ2n) is 7.70. The van der Waals surface area contributed by atoms with Crippen molar-refractivity contribution in [2.75, 3.05) is 29.5 Å². The van der Waals surface area contributed by atoms with Crippen molar-refractivity contribution in [2.24, 2.45) is 0 Å². The third kappa shape index (κ3) is 5.51. The van der Waals surface area contributed by atoms with Gasteiger partial charge in [-0.15, -0.1) is 0 Å². The molecule has 9 nitrogen and oxygen atoms in total. The van der Waals surface area contributed by atoms with Crippen LogP contribution in [-0.4, -0.2) is 38.9 Å². The summed E-state index contributed by atoms with van der Waals surface area (Å²) < 4.78 is 40.8. The van der Waals surface area contributed by atoms with E-state index >= 15 is 0 Å². The number of carbonyl (C=O) groups is 1. The number of nitrogens with zero attached hydrogens (tertiary/aromatic N) is 3. The van der Waals surface area contributed by atoms with Gasteiger partial charge in [0.2, 0.25) is 0 Å². The fourth-order valence-electron chi connectivity index (χ4n) is 3.62. The minimum atomic E-state index is -4.65. The Bertz CT molecular complexity index is 1390. The van der Waals surface area contributed by atoms with Crippen molar-refractivity contribution >= 4 is 40.3 Å². The van der Waals surface area contributed by atoms with Crippen LogP contribution < -0.4 is 21.7 Å². The van der Waals surface area contributed by atoms with Crippen molar-refractivity contribution in [3.05, 3.63) is 71.1 Å². The SMILES string of the molecule is Nc1ncnn2c(CNCCO)cc(-c3ccc(NC(=O)Nc4ccc(Cl)c(C(F)(F)F)c4)cc3)c12. The van der Waals surface area contributed by atoms with E-state index in [9.17, 15) is 18.0 Å². The van der Waals surface area contributed by atoms with E-state index in [-0.39, 0.29) is 18.1 Å². The quantitative estimate of drug-likeness (QED) is 0.230. The number of carbonyl (C=O) groups excluding carboxylic acids is 1. The molecule has 6 N–H and O–H groups in total. The molecule has 0 bridgehead atoms. The molecule has 2 aromatic carbocycles. The molecule has 0 aliphatic carbocycles. The number of alkyl halides is 3. The summed E-state index contributed by atoms with van der Waals surface area (Å²) in [6.45, 7) is 0.856. The summed E-state index contributed by atoms with van der Waals surface area (Å²) in [6.07, 6.45) is -3.29. The predicted octanol–water partition coefficient (Wildman–Crippen LogP) is 4.38. The van der Waals surface area contributed by atoms with Crippen molar-refractivity contribution in [3.8, 4) is 11.1 Å². The van der Waals surface area contributed by atoms with Crippen molar-refractivity contribution in [1.29, 1.82) is 0 Å². The maximum Gasteiger partial charge on any atom is 0.417 e. The average molecular weight is 520 g/mol. The van der Waals surface area contributed by atoms with Crippen LogP contribution in [0.25, 0.3) is 16.6 Å². The van der Waals surface area contributed by atoms with Gasteiger partial charge in [0.05, 0.1) is 22.9 Å². The van der Waals surface area contributed by atoms with Gasteiger partial charge in [0, 0.05) is 30.0 Å². The summed E-state index contributed by atoms with van der Waals surface area (Å²) in [5, 5.41) is 20.9. The van der Waals surface area contributed by atoms with Crippen LogP contribution >= 0.6 is 11.6 Å². The molecule has 0 saturated heterocycles. The molecule has 0 radical (unpaired) electrons. The molecule has 0 saturated carbocycles. The molecule has 2 heterocycles. The second kappa shape index (κ2) is 10.4. The fourth-order valence-corrected chi connectivity index (χ4v) is 3.85. The van der Waals surface area contributed by atoms with E-state index < -0.39 is 22.8 Å². The summed E-state index contributed by atoms with van der Waals surface area (Å²) >= 11 is 5.61. The Labute approximate surface area is 208 Å². The number of aromatic nitrogens is 3. The normalized spacial score (nSPS) is 11.6. The molecule has 0 aliphatic heterocycles. The number of hydrogen-bond donors (Lipinski definition) is 5. The Morgan fingerprint density at radius 2 is 1.78 bits per heavy atom. The van der Waals surface area contributed by atoms with E-state index in [4.69, 9.17) is 22.4 Å². The number of benzene rings is 2. The lowest BCUT2D eigenvalue weighted by Gasteiger charge is -2.12. The molecule has 4 aromatic rings. The molecule has 36 heavy (non-hydrogen) atoms. The van der Waals surface area contributed by atoms with Gasteiger partial charge in [-0.05, 0) is 42.0 Å². The summed E-state index contributed by atoms with van der Waals surface area (Å²) in [6, 6.07) is 11.1. The maximum atomic E-state index is 13.0. The third-order valence-electron chi connectivity index (χ3n) is 5.23. The van der Waals surface area contributed by atoms with E-state index in [1.54, 1.807) is 28.8 Å². The van der Waals surface area contributed by atoms with Gasteiger partial charge < -0.3 is 26.8 Å². The van der Waals surface area contributed by atoms with Crippen molar-refractivity contribution < 1.29 is 23.1 Å². The van der Waals surface area contributed by atoms with Crippen molar-refractivity contribution in [2.45, 2.75) is 12.7 Å². The van der Waals surface area contributed by atoms with Gasteiger partial charge in [-0.25, -0.2) is 14.3 Å². The number of halogens is 4. The van der Waals surface area contributed by atoms with Crippen LogP contribution in [0.5, 0.6) is 0 Å². The number of rotatable bonds is 7. The van der Waals surface area contributed by atoms with Gasteiger partial charge in [-0.1, -0.05) is 23.7 Å². The first-order chi connectivity index (χ1) is 17.2. The molecular weight excluding hydrogens is 499 g/mol. The maximum absolute atomic E-state index is 13.0. The highest BCUT2D eigenvalue weighted by Crippen LogP contribution is 2.36. The molecular formula is C23H21ClF3N7O2. The van der Waals surface area contributed by atoms with Gasteiger partial charge in [0.15, 0.2) is 5.82 Å². The predicted molar refractivity (Wildman–Crippen MR) is 131 cm³/mol. The Hall–Kier alpha value is -3.87. The number of fused-ring (bicyclic) bond motifs is 1. The number of aliphatic hydroxyl groups is 1. The van der Waals surface area contributed by atoms with Gasteiger partial charge >= 0.3 is 12.2 Å². The largest absolute Gasteiger partial charge is 0.417 e. The standard InChI is InChI=1S/C23H21ClF3N7O2/c24-19-6-5-15(9-18(19)23(25,26)27)33-22(36)32-14-3-1-13(2-4-14)17-10-16(11-29-7-8-35)34-20(17)21(28)30-12-31-34/h1-6,9-10,12,29,35H,7-8,11H2,(H2,28,30,31)(H2,32,33,36). The number of hydrogen-bond acceptors (Lipinski definition) is 6. The van der Waals surface area contributed by atoms with Crippen molar-refractivity contribution in [1.82, 2.24) is 19.9 Å². The van der Waals surface area contributed by atoms with Crippen LogP contribution in [0.4, 0.5) is 35.2 Å². The molecule has 188 valence electrons. The Kier molecular flexibility index (Phi) is 7.29. The van der Waals surface area contributed by atoms with E-state index in [1.807, 2.05) is 6.07 Å². The molecule has 2 amide bonds. The first-order valence-corrected chi connectivity index (χ1v) is 11.0. The zero-order valence-electron chi connectivity index (χ0n) is 18.6. The summed E-state index contributed by atoms with van der Waals surface area (Å²) in [5.74, 6) is 0.288. The highest BCUT2D eigenvalue weighted by atomic mass is 35.5. The molecule has 0 fully saturated rings. The van der Waals surface area contributed by atoms with Crippen LogP contribution in [0.2, 0.25) is 5.02 Å². The third-order valence-corrected chi connectivity index (χ3v) is 5.56. The minimum Gasteiger partial charge on any atom is -0.395 e. The smallest absolute Gasteiger partial charge is 0.395 e. The van der Waals surface area contributed by atoms with Gasteiger partial charge in [-0.2, -0.15) is 18.3 Å². The second-order valence-corrected chi connectivity index (χ2v) is 8.11. The topological polar surface area (TPSA) is 130 Å².